The van der Waals surface area contributed by atoms with E-state index < -0.39 is 11.6 Å². The van der Waals surface area contributed by atoms with E-state index >= 15 is 0 Å². The average Bonchev–Trinajstić information content (AvgIpc) is 2.80. The van der Waals surface area contributed by atoms with Crippen molar-refractivity contribution in [1.82, 2.24) is 0 Å². The Morgan fingerprint density at radius 3 is 2.71 bits per heavy atom. The van der Waals surface area contributed by atoms with Crippen LogP contribution in [-0.4, -0.2) is 0 Å². The second-order valence-corrected chi connectivity index (χ2v) is 4.96. The predicted molar refractivity (Wildman–Crippen MR) is 66.9 cm³/mol. The van der Waals surface area contributed by atoms with Crippen LogP contribution in [0.5, 0.6) is 0 Å². The summed E-state index contributed by atoms with van der Waals surface area (Å²) in [7, 11) is 0. The molecule has 2 aromatic rings. The van der Waals surface area contributed by atoms with Crippen molar-refractivity contribution in [2.75, 3.05) is 0 Å². The fourth-order valence-electron chi connectivity index (χ4n) is 1.58. The highest BCUT2D eigenvalue weighted by Crippen LogP contribution is 2.33. The van der Waals surface area contributed by atoms with Gasteiger partial charge in [0.25, 0.3) is 0 Å². The summed E-state index contributed by atoms with van der Waals surface area (Å²) in [4.78, 5) is 1.70. The van der Waals surface area contributed by atoms with Crippen LogP contribution in [0.3, 0.4) is 0 Å². The average molecular weight is 253 g/mol. The molecule has 0 spiro atoms. The van der Waals surface area contributed by atoms with Crippen LogP contribution in [0.25, 0.3) is 10.4 Å². The third-order valence-corrected chi connectivity index (χ3v) is 3.88. The van der Waals surface area contributed by atoms with Crippen LogP contribution in [0.1, 0.15) is 24.3 Å². The minimum Gasteiger partial charge on any atom is -0.323 e. The molecule has 0 aliphatic heterocycles. The van der Waals surface area contributed by atoms with Crippen LogP contribution >= 0.6 is 11.3 Å². The van der Waals surface area contributed by atoms with Crippen LogP contribution in [0.15, 0.2) is 30.3 Å². The highest BCUT2D eigenvalue weighted by Gasteiger charge is 2.12. The van der Waals surface area contributed by atoms with Gasteiger partial charge in [0.2, 0.25) is 0 Å². The molecule has 1 atom stereocenters. The van der Waals surface area contributed by atoms with Crippen molar-refractivity contribution in [3.8, 4) is 10.4 Å². The van der Waals surface area contributed by atoms with E-state index in [2.05, 4.69) is 0 Å². The zero-order chi connectivity index (χ0) is 12.4. The molecule has 0 fully saturated rings. The molecule has 0 amide bonds. The summed E-state index contributed by atoms with van der Waals surface area (Å²) in [5.74, 6) is -0.846. The van der Waals surface area contributed by atoms with Crippen molar-refractivity contribution in [2.45, 2.75) is 19.4 Å². The van der Waals surface area contributed by atoms with Crippen molar-refractivity contribution in [2.24, 2.45) is 5.73 Å². The molecular formula is C13H13F2NS. The fraction of sp³-hybridized carbons (Fsp3) is 0.231. The molecule has 0 aliphatic rings. The zero-order valence-corrected chi connectivity index (χ0v) is 10.2. The first-order valence-electron chi connectivity index (χ1n) is 5.42. The van der Waals surface area contributed by atoms with Gasteiger partial charge in [0.15, 0.2) is 0 Å². The minimum atomic E-state index is -0.434. The summed E-state index contributed by atoms with van der Waals surface area (Å²) in [5.41, 5.74) is 6.19. The largest absolute Gasteiger partial charge is 0.323 e. The van der Waals surface area contributed by atoms with Crippen LogP contribution in [0.4, 0.5) is 8.78 Å². The molecule has 1 aromatic heterocycles. The van der Waals surface area contributed by atoms with Crippen molar-refractivity contribution in [3.63, 3.8) is 0 Å². The number of hydrogen-bond acceptors (Lipinski definition) is 2. The van der Waals surface area contributed by atoms with E-state index in [9.17, 15) is 8.78 Å². The molecule has 2 N–H and O–H groups in total. The molecule has 90 valence electrons. The molecule has 0 aliphatic carbocycles. The second kappa shape index (κ2) is 4.94. The van der Waals surface area contributed by atoms with E-state index in [0.29, 0.717) is 10.4 Å². The topological polar surface area (TPSA) is 26.0 Å². The van der Waals surface area contributed by atoms with Gasteiger partial charge in [-0.15, -0.1) is 11.3 Å². The second-order valence-electron chi connectivity index (χ2n) is 3.84. The van der Waals surface area contributed by atoms with E-state index in [4.69, 9.17) is 5.73 Å². The monoisotopic (exact) mass is 253 g/mol. The number of halogens is 2. The van der Waals surface area contributed by atoms with Crippen molar-refractivity contribution < 1.29 is 8.78 Å². The SMILES string of the molecule is CCC(N)c1ccc(-c2cc(F)ccc2F)s1. The third-order valence-electron chi connectivity index (χ3n) is 2.63. The van der Waals surface area contributed by atoms with Gasteiger partial charge >= 0.3 is 0 Å². The molecule has 0 radical (unpaired) electrons. The maximum absolute atomic E-state index is 13.6. The van der Waals surface area contributed by atoms with Gasteiger partial charge in [-0.25, -0.2) is 8.78 Å². The zero-order valence-electron chi connectivity index (χ0n) is 9.41. The van der Waals surface area contributed by atoms with Crippen LogP contribution < -0.4 is 5.73 Å². The predicted octanol–water partition coefficient (Wildman–Crippen LogP) is 4.10. The van der Waals surface area contributed by atoms with Gasteiger partial charge in [0.1, 0.15) is 11.6 Å². The molecule has 1 unspecified atom stereocenters. The van der Waals surface area contributed by atoms with E-state index in [1.54, 1.807) is 6.07 Å². The highest BCUT2D eigenvalue weighted by molar-refractivity contribution is 7.15. The Labute approximate surface area is 103 Å². The summed E-state index contributed by atoms with van der Waals surface area (Å²) in [5, 5.41) is 0. The van der Waals surface area contributed by atoms with E-state index in [0.717, 1.165) is 23.4 Å². The number of hydrogen-bond donors (Lipinski definition) is 1. The summed E-state index contributed by atoms with van der Waals surface area (Å²) in [6, 6.07) is 7.09. The van der Waals surface area contributed by atoms with Crippen LogP contribution in [0.2, 0.25) is 0 Å². The van der Waals surface area contributed by atoms with Crippen molar-refractivity contribution >= 4 is 11.3 Å². The first-order valence-corrected chi connectivity index (χ1v) is 6.24. The Bertz CT molecular complexity index is 522. The van der Waals surface area contributed by atoms with Gasteiger partial charge in [0.05, 0.1) is 0 Å². The first kappa shape index (κ1) is 12.2. The Morgan fingerprint density at radius 2 is 2.00 bits per heavy atom. The van der Waals surface area contributed by atoms with Gasteiger partial charge < -0.3 is 5.73 Å². The lowest BCUT2D eigenvalue weighted by Gasteiger charge is -2.04. The number of nitrogens with two attached hydrogens (primary N) is 1. The van der Waals surface area contributed by atoms with Gasteiger partial charge in [-0.1, -0.05) is 6.92 Å². The standard InChI is InChI=1S/C13H13F2NS/c1-2-11(16)13-6-5-12(17-13)9-7-8(14)3-4-10(9)15/h3-7,11H,2,16H2,1H3. The molecule has 1 heterocycles. The lowest BCUT2D eigenvalue weighted by molar-refractivity contribution is 0.603. The van der Waals surface area contributed by atoms with E-state index in [-0.39, 0.29) is 6.04 Å². The van der Waals surface area contributed by atoms with Gasteiger partial charge in [-0.3, -0.25) is 0 Å². The molecule has 1 aromatic carbocycles. The fourth-order valence-corrected chi connectivity index (χ4v) is 2.69. The van der Waals surface area contributed by atoms with E-state index in [1.165, 1.54) is 17.4 Å². The summed E-state index contributed by atoms with van der Waals surface area (Å²) < 4.78 is 26.6. The summed E-state index contributed by atoms with van der Waals surface area (Å²) >= 11 is 1.41. The first-order chi connectivity index (χ1) is 8.11. The lowest BCUT2D eigenvalue weighted by atomic mass is 10.1. The molecular weight excluding hydrogens is 240 g/mol. The molecule has 0 saturated heterocycles. The van der Waals surface area contributed by atoms with Gasteiger partial charge in [0, 0.05) is 21.4 Å². The van der Waals surface area contributed by atoms with Crippen molar-refractivity contribution in [3.05, 3.63) is 46.8 Å². The third kappa shape index (κ3) is 2.53. The number of benzene rings is 1. The summed E-state index contributed by atoms with van der Waals surface area (Å²) in [6.07, 6.45) is 0.825. The minimum absolute atomic E-state index is 0.0367. The highest BCUT2D eigenvalue weighted by atomic mass is 32.1. The molecule has 0 bridgehead atoms. The molecule has 2 rings (SSSR count). The smallest absolute Gasteiger partial charge is 0.132 e. The molecule has 0 saturated carbocycles. The normalized spacial score (nSPS) is 12.7. The van der Waals surface area contributed by atoms with Crippen LogP contribution in [-0.2, 0) is 0 Å². The number of rotatable bonds is 3. The Morgan fingerprint density at radius 1 is 1.24 bits per heavy atom. The maximum Gasteiger partial charge on any atom is 0.132 e. The van der Waals surface area contributed by atoms with E-state index in [1.807, 2.05) is 13.0 Å². The number of thiophene rings is 1. The molecule has 4 heteroatoms. The summed E-state index contributed by atoms with van der Waals surface area (Å²) in [6.45, 7) is 1.99. The lowest BCUT2D eigenvalue weighted by Crippen LogP contribution is -2.05. The Kier molecular flexibility index (Phi) is 3.54. The quantitative estimate of drug-likeness (QED) is 0.875. The van der Waals surface area contributed by atoms with Crippen molar-refractivity contribution in [1.29, 1.82) is 0 Å². The van der Waals surface area contributed by atoms with Gasteiger partial charge in [-0.05, 0) is 36.8 Å². The Balaban J connectivity index is 2.40. The van der Waals surface area contributed by atoms with Crippen LogP contribution in [0, 0.1) is 11.6 Å². The molecule has 1 nitrogen and oxygen atoms in total. The Hall–Kier alpha value is -1.26. The van der Waals surface area contributed by atoms with Gasteiger partial charge in [-0.2, -0.15) is 0 Å². The maximum atomic E-state index is 13.6. The molecule has 17 heavy (non-hydrogen) atoms.